The van der Waals surface area contributed by atoms with Gasteiger partial charge in [0.2, 0.25) is 0 Å². The maximum Gasteiger partial charge on any atom is 0.0550 e. The second kappa shape index (κ2) is 3.52. The Kier molecular flexibility index (Phi) is 2.87. The van der Waals surface area contributed by atoms with Gasteiger partial charge in [-0.2, -0.15) is 0 Å². The number of methoxy groups -OCH3 is 1. The van der Waals surface area contributed by atoms with Crippen molar-refractivity contribution in [2.75, 3.05) is 26.8 Å². The third kappa shape index (κ3) is 1.92. The Bertz CT molecular complexity index is 118. The van der Waals surface area contributed by atoms with Gasteiger partial charge >= 0.3 is 0 Å². The molecule has 1 saturated heterocycles. The Labute approximate surface area is 67.7 Å². The molecule has 0 aromatic carbocycles. The van der Waals surface area contributed by atoms with Crippen LogP contribution >= 0.6 is 0 Å². The van der Waals surface area contributed by atoms with Crippen LogP contribution in [0, 0.1) is 5.41 Å². The summed E-state index contributed by atoms with van der Waals surface area (Å²) in [5.41, 5.74) is 0.107. The molecule has 3 heteroatoms. The Balaban J connectivity index is 2.32. The van der Waals surface area contributed by atoms with Gasteiger partial charge in [0.1, 0.15) is 0 Å². The summed E-state index contributed by atoms with van der Waals surface area (Å²) in [6.45, 7) is 4.16. The minimum atomic E-state index is 0.107. The van der Waals surface area contributed by atoms with E-state index in [0.29, 0.717) is 0 Å². The highest BCUT2D eigenvalue weighted by Crippen LogP contribution is 2.28. The maximum absolute atomic E-state index is 9.09. The second-order valence-corrected chi connectivity index (χ2v) is 3.51. The van der Waals surface area contributed by atoms with Gasteiger partial charge in [0.25, 0.3) is 0 Å². The molecular weight excluding hydrogens is 142 g/mol. The lowest BCUT2D eigenvalue weighted by Gasteiger charge is -2.42. The molecule has 1 aliphatic heterocycles. The SMILES string of the molecule is COC(C)CC1(CO)CNC1. The summed E-state index contributed by atoms with van der Waals surface area (Å²) < 4.78 is 5.14. The molecule has 3 nitrogen and oxygen atoms in total. The van der Waals surface area contributed by atoms with E-state index in [0.717, 1.165) is 19.5 Å². The fourth-order valence-electron chi connectivity index (χ4n) is 1.49. The predicted molar refractivity (Wildman–Crippen MR) is 43.5 cm³/mol. The van der Waals surface area contributed by atoms with Gasteiger partial charge in [-0.15, -0.1) is 0 Å². The summed E-state index contributed by atoms with van der Waals surface area (Å²) in [6.07, 6.45) is 1.21. The number of aliphatic hydroxyl groups excluding tert-OH is 1. The molecule has 2 N–H and O–H groups in total. The highest BCUT2D eigenvalue weighted by molar-refractivity contribution is 4.92. The van der Waals surface area contributed by atoms with Crippen molar-refractivity contribution in [3.8, 4) is 0 Å². The minimum absolute atomic E-state index is 0.107. The molecule has 0 amide bonds. The molecule has 1 rings (SSSR count). The molecule has 0 bridgehead atoms. The van der Waals surface area contributed by atoms with Crippen molar-refractivity contribution >= 4 is 0 Å². The van der Waals surface area contributed by atoms with Crippen LogP contribution in [0.2, 0.25) is 0 Å². The summed E-state index contributed by atoms with van der Waals surface area (Å²) >= 11 is 0. The number of ether oxygens (including phenoxy) is 1. The van der Waals surface area contributed by atoms with Crippen LogP contribution in [0.25, 0.3) is 0 Å². The van der Waals surface area contributed by atoms with E-state index < -0.39 is 0 Å². The van der Waals surface area contributed by atoms with Crippen LogP contribution in [-0.4, -0.2) is 38.0 Å². The Morgan fingerprint density at radius 2 is 2.27 bits per heavy atom. The zero-order valence-electron chi connectivity index (χ0n) is 7.26. The summed E-state index contributed by atoms with van der Waals surface area (Å²) in [5.74, 6) is 0. The fourth-order valence-corrected chi connectivity index (χ4v) is 1.49. The maximum atomic E-state index is 9.09. The molecule has 1 heterocycles. The Morgan fingerprint density at radius 3 is 2.55 bits per heavy atom. The number of rotatable bonds is 4. The normalized spacial score (nSPS) is 24.3. The molecule has 1 fully saturated rings. The molecule has 0 aliphatic carbocycles. The minimum Gasteiger partial charge on any atom is -0.396 e. The van der Waals surface area contributed by atoms with Crippen molar-refractivity contribution in [2.24, 2.45) is 5.41 Å². The van der Waals surface area contributed by atoms with Gasteiger partial charge in [0, 0.05) is 25.6 Å². The molecule has 11 heavy (non-hydrogen) atoms. The lowest BCUT2D eigenvalue weighted by molar-refractivity contribution is 0.00115. The van der Waals surface area contributed by atoms with Crippen molar-refractivity contribution in [3.05, 3.63) is 0 Å². The zero-order valence-corrected chi connectivity index (χ0v) is 7.26. The summed E-state index contributed by atoms with van der Waals surface area (Å²) in [6, 6.07) is 0. The van der Waals surface area contributed by atoms with Gasteiger partial charge in [-0.1, -0.05) is 0 Å². The molecule has 0 spiro atoms. The first-order valence-corrected chi connectivity index (χ1v) is 4.07. The van der Waals surface area contributed by atoms with E-state index in [1.54, 1.807) is 7.11 Å². The molecule has 0 aromatic rings. The van der Waals surface area contributed by atoms with Crippen LogP contribution in [0.3, 0.4) is 0 Å². The molecular formula is C8H17NO2. The standard InChI is InChI=1S/C8H17NO2/c1-7(11-2)3-8(6-10)4-9-5-8/h7,9-10H,3-6H2,1-2H3. The van der Waals surface area contributed by atoms with E-state index in [-0.39, 0.29) is 18.1 Å². The third-order valence-corrected chi connectivity index (χ3v) is 2.46. The van der Waals surface area contributed by atoms with Crippen LogP contribution in [-0.2, 0) is 4.74 Å². The molecule has 0 aromatic heterocycles. The lowest BCUT2D eigenvalue weighted by Crippen LogP contribution is -2.56. The summed E-state index contributed by atoms with van der Waals surface area (Å²) in [7, 11) is 1.71. The van der Waals surface area contributed by atoms with E-state index in [4.69, 9.17) is 9.84 Å². The first-order chi connectivity index (χ1) is 5.22. The molecule has 1 unspecified atom stereocenters. The van der Waals surface area contributed by atoms with E-state index in [1.165, 1.54) is 0 Å². The molecule has 0 saturated carbocycles. The molecule has 0 radical (unpaired) electrons. The summed E-state index contributed by atoms with van der Waals surface area (Å²) in [4.78, 5) is 0. The molecule has 66 valence electrons. The van der Waals surface area contributed by atoms with Crippen LogP contribution in [0.1, 0.15) is 13.3 Å². The van der Waals surface area contributed by atoms with Crippen molar-refractivity contribution in [3.63, 3.8) is 0 Å². The van der Waals surface area contributed by atoms with Gasteiger partial charge < -0.3 is 15.2 Å². The molecule has 1 atom stereocenters. The average Bonchev–Trinajstić information content (AvgIpc) is 1.96. The highest BCUT2D eigenvalue weighted by atomic mass is 16.5. The first kappa shape index (κ1) is 8.97. The van der Waals surface area contributed by atoms with Gasteiger partial charge in [-0.25, -0.2) is 0 Å². The monoisotopic (exact) mass is 159 g/mol. The topological polar surface area (TPSA) is 41.5 Å². The van der Waals surface area contributed by atoms with Gasteiger partial charge in [0.05, 0.1) is 12.7 Å². The number of hydrogen-bond acceptors (Lipinski definition) is 3. The van der Waals surface area contributed by atoms with Crippen molar-refractivity contribution < 1.29 is 9.84 Å². The van der Waals surface area contributed by atoms with E-state index in [2.05, 4.69) is 5.32 Å². The Hall–Kier alpha value is -0.120. The largest absolute Gasteiger partial charge is 0.396 e. The molecule has 1 aliphatic rings. The van der Waals surface area contributed by atoms with Crippen molar-refractivity contribution in [1.29, 1.82) is 0 Å². The van der Waals surface area contributed by atoms with E-state index >= 15 is 0 Å². The zero-order chi connectivity index (χ0) is 8.32. The van der Waals surface area contributed by atoms with Crippen molar-refractivity contribution in [1.82, 2.24) is 5.32 Å². The number of nitrogens with one attached hydrogen (secondary N) is 1. The summed E-state index contributed by atoms with van der Waals surface area (Å²) in [5, 5.41) is 12.3. The van der Waals surface area contributed by atoms with Crippen LogP contribution in [0.5, 0.6) is 0 Å². The van der Waals surface area contributed by atoms with Crippen LogP contribution in [0.4, 0.5) is 0 Å². The predicted octanol–water partition coefficient (Wildman–Crippen LogP) is -0.00670. The lowest BCUT2D eigenvalue weighted by atomic mass is 9.78. The second-order valence-electron chi connectivity index (χ2n) is 3.51. The smallest absolute Gasteiger partial charge is 0.0550 e. The van der Waals surface area contributed by atoms with Gasteiger partial charge in [0.15, 0.2) is 0 Å². The van der Waals surface area contributed by atoms with Gasteiger partial charge in [-0.3, -0.25) is 0 Å². The van der Waals surface area contributed by atoms with Gasteiger partial charge in [-0.05, 0) is 13.3 Å². The third-order valence-electron chi connectivity index (χ3n) is 2.46. The first-order valence-electron chi connectivity index (χ1n) is 4.07. The number of aliphatic hydroxyl groups is 1. The fraction of sp³-hybridized carbons (Fsp3) is 1.00. The van der Waals surface area contributed by atoms with Crippen molar-refractivity contribution in [2.45, 2.75) is 19.4 Å². The van der Waals surface area contributed by atoms with Crippen LogP contribution < -0.4 is 5.32 Å². The number of hydrogen-bond donors (Lipinski definition) is 2. The van der Waals surface area contributed by atoms with E-state index in [1.807, 2.05) is 6.92 Å². The quantitative estimate of drug-likeness (QED) is 0.606. The Morgan fingerprint density at radius 1 is 1.64 bits per heavy atom. The van der Waals surface area contributed by atoms with Crippen LogP contribution in [0.15, 0.2) is 0 Å². The average molecular weight is 159 g/mol. The highest BCUT2D eigenvalue weighted by Gasteiger charge is 2.37. The van der Waals surface area contributed by atoms with E-state index in [9.17, 15) is 0 Å².